The lowest BCUT2D eigenvalue weighted by Gasteiger charge is -2.08. The molecule has 1 rings (SSSR count). The maximum Gasteiger partial charge on any atom is 0.252 e. The molecular weight excluding hydrogens is 349 g/mol. The number of alkyl halides is 1. The van der Waals surface area contributed by atoms with Crippen LogP contribution in [0, 0.1) is 10.5 Å². The van der Waals surface area contributed by atoms with Crippen LogP contribution in [0.1, 0.15) is 35.2 Å². The van der Waals surface area contributed by atoms with Gasteiger partial charge in [-0.3, -0.25) is 4.79 Å². The maximum absolute atomic E-state index is 11.9. The Labute approximate surface area is 121 Å². The van der Waals surface area contributed by atoms with Gasteiger partial charge in [0.15, 0.2) is 0 Å². The highest BCUT2D eigenvalue weighted by Gasteiger charge is 2.09. The lowest BCUT2D eigenvalue weighted by atomic mass is 10.1. The van der Waals surface area contributed by atoms with E-state index in [9.17, 15) is 4.79 Å². The highest BCUT2D eigenvalue weighted by molar-refractivity contribution is 14.1. The minimum atomic E-state index is 0.0176. The number of amides is 1. The molecule has 1 aromatic rings. The summed E-state index contributed by atoms with van der Waals surface area (Å²) in [7, 11) is 0. The summed E-state index contributed by atoms with van der Waals surface area (Å²) in [5.74, 6) is 0.716. The molecule has 0 aliphatic carbocycles. The fourth-order valence-electron chi connectivity index (χ4n) is 1.52. The molecule has 0 atom stereocenters. The molecule has 0 saturated heterocycles. The average Bonchev–Trinajstić information content (AvgIpc) is 2.32. The van der Waals surface area contributed by atoms with Gasteiger partial charge in [-0.05, 0) is 54.0 Å². The molecule has 0 heterocycles. The van der Waals surface area contributed by atoms with E-state index in [-0.39, 0.29) is 5.91 Å². The van der Waals surface area contributed by atoms with Crippen LogP contribution in [0.15, 0.2) is 18.2 Å². The van der Waals surface area contributed by atoms with E-state index in [1.54, 1.807) is 0 Å². The second-order valence-electron chi connectivity index (χ2n) is 3.94. The van der Waals surface area contributed by atoms with Crippen molar-refractivity contribution in [2.75, 3.05) is 12.4 Å². The Kier molecular flexibility index (Phi) is 6.89. The van der Waals surface area contributed by atoms with Crippen molar-refractivity contribution in [2.24, 2.45) is 0 Å². The largest absolute Gasteiger partial charge is 0.352 e. The number of rotatable bonds is 6. The van der Waals surface area contributed by atoms with Crippen LogP contribution in [-0.4, -0.2) is 18.3 Å². The second-order valence-corrected chi connectivity index (χ2v) is 5.40. The molecule has 94 valence electrons. The monoisotopic (exact) mass is 365 g/mol. The molecule has 0 fully saturated rings. The normalized spacial score (nSPS) is 10.3. The van der Waals surface area contributed by atoms with E-state index in [0.29, 0.717) is 5.88 Å². The molecule has 0 aliphatic heterocycles. The Balaban J connectivity index is 2.44. The van der Waals surface area contributed by atoms with Crippen LogP contribution in [0.5, 0.6) is 0 Å². The zero-order valence-electron chi connectivity index (χ0n) is 9.93. The van der Waals surface area contributed by atoms with Crippen LogP contribution in [0.4, 0.5) is 0 Å². The number of hydrogen-bond donors (Lipinski definition) is 1. The first kappa shape index (κ1) is 14.8. The van der Waals surface area contributed by atoms with Gasteiger partial charge in [-0.2, -0.15) is 0 Å². The number of halogens is 2. The van der Waals surface area contributed by atoms with Crippen LogP contribution < -0.4 is 5.32 Å². The molecule has 0 aromatic heterocycles. The maximum atomic E-state index is 11.9. The van der Waals surface area contributed by atoms with E-state index in [2.05, 4.69) is 27.9 Å². The van der Waals surface area contributed by atoms with Gasteiger partial charge in [-0.1, -0.05) is 18.6 Å². The van der Waals surface area contributed by atoms with E-state index in [1.165, 1.54) is 0 Å². The van der Waals surface area contributed by atoms with Gasteiger partial charge in [0, 0.05) is 16.0 Å². The number of benzene rings is 1. The summed E-state index contributed by atoms with van der Waals surface area (Å²) in [6, 6.07) is 5.79. The van der Waals surface area contributed by atoms with Crippen LogP contribution >= 0.6 is 34.2 Å². The average molecular weight is 366 g/mol. The third-order valence-corrected chi connectivity index (χ3v) is 4.23. The number of unbranched alkanes of at least 4 members (excludes halogenated alkanes) is 2. The highest BCUT2D eigenvalue weighted by Crippen LogP contribution is 2.16. The molecule has 0 saturated carbocycles. The van der Waals surface area contributed by atoms with Crippen LogP contribution in [0.25, 0.3) is 0 Å². The Morgan fingerprint density at radius 3 is 2.82 bits per heavy atom. The van der Waals surface area contributed by atoms with Gasteiger partial charge in [-0.15, -0.1) is 11.6 Å². The molecule has 1 aromatic carbocycles. The minimum absolute atomic E-state index is 0.0176. The first-order valence-corrected chi connectivity index (χ1v) is 7.37. The lowest BCUT2D eigenvalue weighted by molar-refractivity contribution is 0.0952. The summed E-state index contributed by atoms with van der Waals surface area (Å²) >= 11 is 7.81. The Bertz CT molecular complexity index is 382. The summed E-state index contributed by atoms with van der Waals surface area (Å²) in [5.41, 5.74) is 1.91. The van der Waals surface area contributed by atoms with E-state index in [0.717, 1.165) is 40.5 Å². The first-order valence-electron chi connectivity index (χ1n) is 5.76. The Hall–Kier alpha value is -0.290. The van der Waals surface area contributed by atoms with Gasteiger partial charge < -0.3 is 5.32 Å². The van der Waals surface area contributed by atoms with Crippen molar-refractivity contribution in [3.05, 3.63) is 32.9 Å². The quantitative estimate of drug-likeness (QED) is 0.464. The molecule has 1 N–H and O–H groups in total. The van der Waals surface area contributed by atoms with Crippen LogP contribution in [0.2, 0.25) is 0 Å². The summed E-state index contributed by atoms with van der Waals surface area (Å²) in [6.07, 6.45) is 3.06. The molecule has 0 bridgehead atoms. The standard InChI is InChI=1S/C13H17ClINO/c1-10-6-5-7-11(12(10)15)13(17)16-9-4-2-3-8-14/h5-7H,2-4,8-9H2,1H3,(H,16,17). The summed E-state index contributed by atoms with van der Waals surface area (Å²) in [4.78, 5) is 11.9. The highest BCUT2D eigenvalue weighted by atomic mass is 127. The fourth-order valence-corrected chi connectivity index (χ4v) is 2.31. The molecule has 0 aliphatic rings. The van der Waals surface area contributed by atoms with Gasteiger partial charge in [0.25, 0.3) is 5.91 Å². The van der Waals surface area contributed by atoms with Crippen molar-refractivity contribution in [1.29, 1.82) is 0 Å². The number of aryl methyl sites for hydroxylation is 1. The van der Waals surface area contributed by atoms with Crippen molar-refractivity contribution in [1.82, 2.24) is 5.32 Å². The lowest BCUT2D eigenvalue weighted by Crippen LogP contribution is -2.25. The van der Waals surface area contributed by atoms with E-state index >= 15 is 0 Å². The van der Waals surface area contributed by atoms with E-state index in [4.69, 9.17) is 11.6 Å². The predicted molar refractivity (Wildman–Crippen MR) is 80.8 cm³/mol. The zero-order chi connectivity index (χ0) is 12.7. The van der Waals surface area contributed by atoms with Gasteiger partial charge in [0.2, 0.25) is 0 Å². The molecule has 0 radical (unpaired) electrons. The zero-order valence-corrected chi connectivity index (χ0v) is 12.8. The van der Waals surface area contributed by atoms with Gasteiger partial charge >= 0.3 is 0 Å². The molecule has 2 nitrogen and oxygen atoms in total. The van der Waals surface area contributed by atoms with E-state index < -0.39 is 0 Å². The number of nitrogens with one attached hydrogen (secondary N) is 1. The Morgan fingerprint density at radius 1 is 1.35 bits per heavy atom. The number of carbonyl (C=O) groups is 1. The molecule has 0 unspecified atom stereocenters. The summed E-state index contributed by atoms with van der Waals surface area (Å²) in [6.45, 7) is 2.73. The summed E-state index contributed by atoms with van der Waals surface area (Å²) < 4.78 is 1.03. The third kappa shape index (κ3) is 4.84. The van der Waals surface area contributed by atoms with Crippen molar-refractivity contribution in [3.8, 4) is 0 Å². The fraction of sp³-hybridized carbons (Fsp3) is 0.462. The smallest absolute Gasteiger partial charge is 0.252 e. The number of carbonyl (C=O) groups excluding carboxylic acids is 1. The predicted octanol–water partition coefficient (Wildman–Crippen LogP) is 3.74. The molecule has 1 amide bonds. The van der Waals surface area contributed by atoms with Crippen LogP contribution in [-0.2, 0) is 0 Å². The van der Waals surface area contributed by atoms with Crippen molar-refractivity contribution in [3.63, 3.8) is 0 Å². The van der Waals surface area contributed by atoms with Crippen LogP contribution in [0.3, 0.4) is 0 Å². The Morgan fingerprint density at radius 2 is 2.12 bits per heavy atom. The van der Waals surface area contributed by atoms with Crippen molar-refractivity contribution < 1.29 is 4.79 Å². The third-order valence-electron chi connectivity index (χ3n) is 2.53. The van der Waals surface area contributed by atoms with Gasteiger partial charge in [-0.25, -0.2) is 0 Å². The topological polar surface area (TPSA) is 29.1 Å². The number of hydrogen-bond acceptors (Lipinski definition) is 1. The minimum Gasteiger partial charge on any atom is -0.352 e. The summed E-state index contributed by atoms with van der Waals surface area (Å²) in [5, 5.41) is 2.94. The van der Waals surface area contributed by atoms with Crippen molar-refractivity contribution >= 4 is 40.1 Å². The molecule has 17 heavy (non-hydrogen) atoms. The first-order chi connectivity index (χ1) is 8.16. The van der Waals surface area contributed by atoms with Gasteiger partial charge in [0.05, 0.1) is 5.56 Å². The molecule has 0 spiro atoms. The van der Waals surface area contributed by atoms with E-state index in [1.807, 2.05) is 25.1 Å². The molecule has 4 heteroatoms. The second kappa shape index (κ2) is 7.93. The van der Waals surface area contributed by atoms with Gasteiger partial charge in [0.1, 0.15) is 0 Å². The molecular formula is C13H17ClINO. The SMILES string of the molecule is Cc1cccc(C(=O)NCCCCCCl)c1I. The van der Waals surface area contributed by atoms with Crippen molar-refractivity contribution in [2.45, 2.75) is 26.2 Å².